The van der Waals surface area contributed by atoms with Crippen LogP contribution in [0.2, 0.25) is 0 Å². The molecule has 0 radical (unpaired) electrons. The van der Waals surface area contributed by atoms with E-state index >= 15 is 0 Å². The molecule has 0 aliphatic rings. The number of rotatable bonds is 2. The average Bonchev–Trinajstić information content (AvgIpc) is 2.75. The maximum absolute atomic E-state index is 5.64. The van der Waals surface area contributed by atoms with Crippen molar-refractivity contribution in [3.8, 4) is 0 Å². The van der Waals surface area contributed by atoms with Crippen molar-refractivity contribution in [1.29, 1.82) is 0 Å². The van der Waals surface area contributed by atoms with E-state index in [9.17, 15) is 0 Å². The number of aryl methyl sites for hydroxylation is 1. The Morgan fingerprint density at radius 2 is 1.94 bits per heavy atom. The average molecular weight is 241 g/mol. The first-order valence-corrected chi connectivity index (χ1v) is 5.43. The molecule has 6 heteroatoms. The van der Waals surface area contributed by atoms with E-state index in [1.807, 2.05) is 31.2 Å². The van der Waals surface area contributed by atoms with Gasteiger partial charge in [0, 0.05) is 11.4 Å². The lowest BCUT2D eigenvalue weighted by molar-refractivity contribution is 0.442. The van der Waals surface area contributed by atoms with Gasteiger partial charge < -0.3 is 15.6 Å². The fraction of sp³-hybridized carbons (Fsp3) is 0.0833. The van der Waals surface area contributed by atoms with Crippen LogP contribution in [0.15, 0.2) is 35.1 Å². The smallest absolute Gasteiger partial charge is 0.263 e. The SMILES string of the molecule is Cc1noc2ncnc(Nc3ccc(N)cc3)c12. The topological polar surface area (TPSA) is 89.9 Å². The first-order chi connectivity index (χ1) is 8.74. The maximum Gasteiger partial charge on any atom is 0.263 e. The molecule has 1 aromatic carbocycles. The van der Waals surface area contributed by atoms with Crippen molar-refractivity contribution in [3.05, 3.63) is 36.3 Å². The molecule has 0 bridgehead atoms. The highest BCUT2D eigenvalue weighted by Gasteiger charge is 2.11. The summed E-state index contributed by atoms with van der Waals surface area (Å²) in [5.41, 5.74) is 8.48. The second-order valence-electron chi connectivity index (χ2n) is 3.92. The lowest BCUT2D eigenvalue weighted by atomic mass is 10.2. The predicted octanol–water partition coefficient (Wildman–Crippen LogP) is 2.25. The number of hydrogen-bond acceptors (Lipinski definition) is 6. The number of nitrogen functional groups attached to an aromatic ring is 1. The summed E-state index contributed by atoms with van der Waals surface area (Å²) < 4.78 is 5.09. The predicted molar refractivity (Wildman–Crippen MR) is 68.5 cm³/mol. The Bertz CT molecular complexity index is 689. The highest BCUT2D eigenvalue weighted by molar-refractivity contribution is 5.89. The molecule has 0 aliphatic carbocycles. The molecule has 3 rings (SSSR count). The van der Waals surface area contributed by atoms with E-state index in [4.69, 9.17) is 10.3 Å². The van der Waals surface area contributed by atoms with Gasteiger partial charge in [-0.05, 0) is 31.2 Å². The minimum atomic E-state index is 0.473. The van der Waals surface area contributed by atoms with Crippen LogP contribution in [0.5, 0.6) is 0 Å². The number of anilines is 3. The number of nitrogens with zero attached hydrogens (tertiary/aromatic N) is 3. The summed E-state index contributed by atoms with van der Waals surface area (Å²) in [4.78, 5) is 8.22. The van der Waals surface area contributed by atoms with Gasteiger partial charge in [-0.1, -0.05) is 5.16 Å². The van der Waals surface area contributed by atoms with Gasteiger partial charge in [-0.25, -0.2) is 4.98 Å². The third-order valence-electron chi connectivity index (χ3n) is 2.62. The van der Waals surface area contributed by atoms with Crippen molar-refractivity contribution in [3.63, 3.8) is 0 Å². The van der Waals surface area contributed by atoms with E-state index in [2.05, 4.69) is 20.4 Å². The van der Waals surface area contributed by atoms with E-state index in [1.165, 1.54) is 6.33 Å². The summed E-state index contributed by atoms with van der Waals surface area (Å²) in [6.07, 6.45) is 1.44. The summed E-state index contributed by atoms with van der Waals surface area (Å²) in [6, 6.07) is 7.40. The van der Waals surface area contributed by atoms with Crippen LogP contribution in [0.3, 0.4) is 0 Å². The van der Waals surface area contributed by atoms with Gasteiger partial charge in [-0.3, -0.25) is 0 Å². The number of aromatic nitrogens is 3. The normalized spacial score (nSPS) is 10.7. The Morgan fingerprint density at radius 1 is 1.17 bits per heavy atom. The Labute approximate surface area is 103 Å². The van der Waals surface area contributed by atoms with Crippen LogP contribution in [0.4, 0.5) is 17.2 Å². The van der Waals surface area contributed by atoms with Gasteiger partial charge in [0.1, 0.15) is 17.5 Å². The molecule has 2 aromatic heterocycles. The lowest BCUT2D eigenvalue weighted by Crippen LogP contribution is -1.96. The summed E-state index contributed by atoms with van der Waals surface area (Å²) in [5.74, 6) is 0.670. The number of nitrogens with two attached hydrogens (primary N) is 1. The zero-order valence-corrected chi connectivity index (χ0v) is 9.71. The molecule has 0 saturated heterocycles. The molecule has 0 saturated carbocycles. The fourth-order valence-electron chi connectivity index (χ4n) is 1.72. The van der Waals surface area contributed by atoms with Crippen LogP contribution < -0.4 is 11.1 Å². The molecule has 18 heavy (non-hydrogen) atoms. The second kappa shape index (κ2) is 3.99. The van der Waals surface area contributed by atoms with E-state index in [1.54, 1.807) is 0 Å². The zero-order valence-electron chi connectivity index (χ0n) is 9.71. The van der Waals surface area contributed by atoms with Crippen molar-refractivity contribution in [1.82, 2.24) is 15.1 Å². The highest BCUT2D eigenvalue weighted by Crippen LogP contribution is 2.25. The molecule has 90 valence electrons. The minimum absolute atomic E-state index is 0.473. The zero-order chi connectivity index (χ0) is 12.5. The molecular formula is C12H11N5O. The third-order valence-corrected chi connectivity index (χ3v) is 2.62. The number of hydrogen-bond donors (Lipinski definition) is 2. The largest absolute Gasteiger partial charge is 0.399 e. The van der Waals surface area contributed by atoms with Gasteiger partial charge in [0.05, 0.1) is 5.69 Å². The molecule has 0 atom stereocenters. The number of benzene rings is 1. The van der Waals surface area contributed by atoms with Crippen LogP contribution in [-0.2, 0) is 0 Å². The van der Waals surface area contributed by atoms with Gasteiger partial charge in [0.15, 0.2) is 0 Å². The van der Waals surface area contributed by atoms with E-state index in [-0.39, 0.29) is 0 Å². The quantitative estimate of drug-likeness (QED) is 0.669. The van der Waals surface area contributed by atoms with E-state index in [0.717, 1.165) is 22.5 Å². The second-order valence-corrected chi connectivity index (χ2v) is 3.92. The summed E-state index contributed by atoms with van der Waals surface area (Å²) in [7, 11) is 0. The van der Waals surface area contributed by atoms with E-state index < -0.39 is 0 Å². The first kappa shape index (κ1) is 10.5. The summed E-state index contributed by atoms with van der Waals surface area (Å²) in [6.45, 7) is 1.85. The third kappa shape index (κ3) is 1.73. The maximum atomic E-state index is 5.64. The van der Waals surface area contributed by atoms with Gasteiger partial charge in [0.25, 0.3) is 5.71 Å². The Morgan fingerprint density at radius 3 is 2.72 bits per heavy atom. The molecule has 6 nitrogen and oxygen atoms in total. The first-order valence-electron chi connectivity index (χ1n) is 5.43. The van der Waals surface area contributed by atoms with Gasteiger partial charge in [0.2, 0.25) is 0 Å². The van der Waals surface area contributed by atoms with Crippen molar-refractivity contribution in [2.45, 2.75) is 6.92 Å². The molecular weight excluding hydrogens is 230 g/mol. The van der Waals surface area contributed by atoms with Gasteiger partial charge in [-0.15, -0.1) is 0 Å². The summed E-state index contributed by atoms with van der Waals surface area (Å²) in [5, 5.41) is 7.86. The molecule has 0 unspecified atom stereocenters. The lowest BCUT2D eigenvalue weighted by Gasteiger charge is -2.06. The van der Waals surface area contributed by atoms with Crippen LogP contribution in [0, 0.1) is 6.92 Å². The number of fused-ring (bicyclic) bond motifs is 1. The Hall–Kier alpha value is -2.63. The molecule has 0 aliphatic heterocycles. The van der Waals surface area contributed by atoms with E-state index in [0.29, 0.717) is 11.5 Å². The van der Waals surface area contributed by atoms with Crippen molar-refractivity contribution >= 4 is 28.3 Å². The molecule has 2 heterocycles. The molecule has 3 N–H and O–H groups in total. The number of nitrogens with one attached hydrogen (secondary N) is 1. The fourth-order valence-corrected chi connectivity index (χ4v) is 1.72. The van der Waals surface area contributed by atoms with Crippen molar-refractivity contribution < 1.29 is 4.52 Å². The standard InChI is InChI=1S/C12H11N5O/c1-7-10-11(14-6-15-12(10)18-17-7)16-9-4-2-8(13)3-5-9/h2-6H,13H2,1H3,(H,14,15,16). The molecule has 0 amide bonds. The molecule has 3 aromatic rings. The Kier molecular flexibility index (Phi) is 2.33. The summed E-state index contributed by atoms with van der Waals surface area (Å²) >= 11 is 0. The molecule has 0 fully saturated rings. The Balaban J connectivity index is 2.04. The van der Waals surface area contributed by atoms with Crippen LogP contribution >= 0.6 is 0 Å². The van der Waals surface area contributed by atoms with Crippen LogP contribution in [0.25, 0.3) is 11.1 Å². The molecule has 0 spiro atoms. The van der Waals surface area contributed by atoms with Crippen LogP contribution in [-0.4, -0.2) is 15.1 Å². The van der Waals surface area contributed by atoms with Gasteiger partial charge >= 0.3 is 0 Å². The minimum Gasteiger partial charge on any atom is -0.399 e. The highest BCUT2D eigenvalue weighted by atomic mass is 16.5. The van der Waals surface area contributed by atoms with Crippen molar-refractivity contribution in [2.75, 3.05) is 11.1 Å². The van der Waals surface area contributed by atoms with Gasteiger partial charge in [-0.2, -0.15) is 4.98 Å². The van der Waals surface area contributed by atoms with Crippen molar-refractivity contribution in [2.24, 2.45) is 0 Å². The van der Waals surface area contributed by atoms with Crippen LogP contribution in [0.1, 0.15) is 5.69 Å². The monoisotopic (exact) mass is 241 g/mol.